The van der Waals surface area contributed by atoms with Gasteiger partial charge in [-0.05, 0) is 52.6 Å². The lowest BCUT2D eigenvalue weighted by atomic mass is 9.80. The van der Waals surface area contributed by atoms with Crippen LogP contribution in [0.15, 0.2) is 182 Å². The molecular weight excluding hydrogens is 714 g/mol. The van der Waals surface area contributed by atoms with E-state index in [0.717, 1.165) is 52.6 Å². The third kappa shape index (κ3) is 9.12. The van der Waals surface area contributed by atoms with Gasteiger partial charge in [0.1, 0.15) is 0 Å². The lowest BCUT2D eigenvalue weighted by Gasteiger charge is -2.39. The predicted molar refractivity (Wildman–Crippen MR) is 226 cm³/mol. The molecule has 7 nitrogen and oxygen atoms in total. The molecule has 3 N–H and O–H groups in total. The van der Waals surface area contributed by atoms with Crippen molar-refractivity contribution in [3.05, 3.63) is 215 Å². The monoisotopic (exact) mass is 767 g/mol. The Morgan fingerprint density at radius 2 is 0.536 bits per heavy atom. The molecule has 0 amide bonds. The summed E-state index contributed by atoms with van der Waals surface area (Å²) in [4.78, 5) is 0. The van der Waals surface area contributed by atoms with Crippen LogP contribution in [0.4, 0.5) is 0 Å². The van der Waals surface area contributed by atoms with Gasteiger partial charge in [-0.25, -0.2) is 4.57 Å². The molecule has 0 atom stereocenters. The fraction of sp³-hybridized carbons (Fsp3) is 0.250. The molecule has 6 aromatic carbocycles. The molecule has 8 heteroatoms. The van der Waals surface area contributed by atoms with Crippen molar-refractivity contribution in [3.8, 4) is 0 Å². The van der Waals surface area contributed by atoms with E-state index in [-0.39, 0.29) is 0 Å². The van der Waals surface area contributed by atoms with Gasteiger partial charge in [-0.3, -0.25) is 0 Å². The van der Waals surface area contributed by atoms with Crippen LogP contribution in [-0.2, 0) is 35.1 Å². The topological polar surface area (TPSA) is 80.9 Å². The highest BCUT2D eigenvalue weighted by Gasteiger charge is 2.44. The molecule has 0 bridgehead atoms. The molecule has 0 aliphatic carbocycles. The van der Waals surface area contributed by atoms with Crippen molar-refractivity contribution in [2.45, 2.75) is 75.9 Å². The van der Waals surface area contributed by atoms with Gasteiger partial charge in [0.05, 0.1) is 16.6 Å². The van der Waals surface area contributed by atoms with Crippen LogP contribution in [0.3, 0.4) is 0 Å². The number of benzene rings is 6. The second-order valence-electron chi connectivity index (χ2n) is 14.2. The molecule has 0 aliphatic rings. The average molecular weight is 768 g/mol. The van der Waals surface area contributed by atoms with E-state index in [1.54, 1.807) is 0 Å². The Morgan fingerprint density at radius 1 is 0.357 bits per heavy atom. The van der Waals surface area contributed by atoms with Gasteiger partial charge in [0.15, 0.2) is 0 Å². The molecule has 0 radical (unpaired) electrons. The van der Waals surface area contributed by atoms with Crippen LogP contribution in [0.25, 0.3) is 0 Å². The van der Waals surface area contributed by atoms with E-state index in [2.05, 4.69) is 110 Å². The van der Waals surface area contributed by atoms with Crippen LogP contribution in [-0.4, -0.2) is 0 Å². The van der Waals surface area contributed by atoms with E-state index in [1.807, 2.05) is 109 Å². The minimum absolute atomic E-state index is 0.628. The van der Waals surface area contributed by atoms with Gasteiger partial charge >= 0.3 is 7.82 Å². The van der Waals surface area contributed by atoms with E-state index in [1.165, 1.54) is 0 Å². The summed E-state index contributed by atoms with van der Waals surface area (Å²) in [5.41, 5.74) is 12.9. The number of rotatable bonds is 21. The van der Waals surface area contributed by atoms with Gasteiger partial charge in [-0.2, -0.15) is 30.3 Å². The van der Waals surface area contributed by atoms with E-state index in [9.17, 15) is 0 Å². The summed E-state index contributed by atoms with van der Waals surface area (Å²) in [6.07, 6.45) is 4.28. The molecule has 6 aromatic rings. The first kappa shape index (κ1) is 41.0. The van der Waals surface area contributed by atoms with Crippen LogP contribution in [0.5, 0.6) is 0 Å². The second-order valence-corrected chi connectivity index (χ2v) is 15.6. The standard InChI is InChI=1S/C48H54N3O4P/c1-4-37-46(40-25-13-7-14-26-40,41-27-15-8-16-28-41)49-53-56(52,54-50-47(38-5-2,42-29-17-9-18-30-42)43-31-19-10-20-32-43)55-51-48(39-6-3,44-33-21-11-22-34-44)45-35-23-12-24-36-45/h7-36,49-51H,4-6,37-39H2,1-3H3. The second kappa shape index (κ2) is 19.4. The predicted octanol–water partition coefficient (Wildman–Crippen LogP) is 11.9. The zero-order valence-electron chi connectivity index (χ0n) is 32.6. The highest BCUT2D eigenvalue weighted by Crippen LogP contribution is 2.52. The number of hydroxylamine groups is 3. The SMILES string of the molecule is CCCC(NOP(=O)(ONC(CCC)(c1ccccc1)c1ccccc1)ONC(CCC)(c1ccccc1)c1ccccc1)(c1ccccc1)c1ccccc1. The highest BCUT2D eigenvalue weighted by molar-refractivity contribution is 7.48. The Bertz CT molecular complexity index is 1710. The molecule has 0 saturated heterocycles. The lowest BCUT2D eigenvalue weighted by Crippen LogP contribution is -2.47. The summed E-state index contributed by atoms with van der Waals surface area (Å²) < 4.78 is 35.1. The summed E-state index contributed by atoms with van der Waals surface area (Å²) >= 11 is 0. The largest absolute Gasteiger partial charge is 0.524 e. The van der Waals surface area contributed by atoms with E-state index >= 15 is 4.57 Å². The summed E-state index contributed by atoms with van der Waals surface area (Å²) in [6, 6.07) is 60.5. The van der Waals surface area contributed by atoms with Gasteiger partial charge in [0, 0.05) is 0 Å². The van der Waals surface area contributed by atoms with Crippen molar-refractivity contribution < 1.29 is 18.4 Å². The maximum atomic E-state index is 15.7. The first-order valence-electron chi connectivity index (χ1n) is 19.7. The Kier molecular flexibility index (Phi) is 14.2. The summed E-state index contributed by atoms with van der Waals surface area (Å²) in [5.74, 6) is 0. The number of hydrogen-bond acceptors (Lipinski definition) is 7. The van der Waals surface area contributed by atoms with Gasteiger partial charge in [-0.15, -0.1) is 0 Å². The van der Waals surface area contributed by atoms with Crippen LogP contribution < -0.4 is 16.4 Å². The zero-order chi connectivity index (χ0) is 39.2. The summed E-state index contributed by atoms with van der Waals surface area (Å²) in [7, 11) is -4.64. The third-order valence-corrected chi connectivity index (χ3v) is 11.4. The average Bonchev–Trinajstić information content (AvgIpc) is 3.27. The van der Waals surface area contributed by atoms with Crippen molar-refractivity contribution >= 4 is 7.82 Å². The lowest BCUT2D eigenvalue weighted by molar-refractivity contribution is -0.0393. The van der Waals surface area contributed by atoms with Crippen LogP contribution in [0.1, 0.15) is 92.7 Å². The molecule has 0 aromatic heterocycles. The van der Waals surface area contributed by atoms with Gasteiger partial charge in [0.25, 0.3) is 0 Å². The summed E-state index contributed by atoms with van der Waals surface area (Å²) in [6.45, 7) is 6.36. The molecule has 0 saturated carbocycles. The van der Waals surface area contributed by atoms with Crippen molar-refractivity contribution in [2.24, 2.45) is 0 Å². The molecule has 0 unspecified atom stereocenters. The van der Waals surface area contributed by atoms with Gasteiger partial charge in [0.2, 0.25) is 0 Å². The van der Waals surface area contributed by atoms with Crippen molar-refractivity contribution in [1.29, 1.82) is 0 Å². The minimum atomic E-state index is -4.64. The first-order chi connectivity index (χ1) is 27.4. The Balaban J connectivity index is 1.47. The van der Waals surface area contributed by atoms with Gasteiger partial charge in [-0.1, -0.05) is 222 Å². The molecular formula is C48H54N3O4P. The smallest absolute Gasteiger partial charge is 0.223 e. The molecule has 0 aliphatic heterocycles. The van der Waals surface area contributed by atoms with Crippen LogP contribution in [0, 0.1) is 0 Å². The van der Waals surface area contributed by atoms with Gasteiger partial charge < -0.3 is 0 Å². The van der Waals surface area contributed by atoms with Crippen LogP contribution in [0.2, 0.25) is 0 Å². The van der Waals surface area contributed by atoms with Crippen molar-refractivity contribution in [2.75, 3.05) is 0 Å². The normalized spacial score (nSPS) is 12.4. The Hall–Kier alpha value is -4.69. The Labute approximate surface area is 332 Å². The molecule has 0 spiro atoms. The molecule has 6 rings (SSSR count). The maximum absolute atomic E-state index is 15.7. The Morgan fingerprint density at radius 3 is 0.696 bits per heavy atom. The number of hydrogen-bond donors (Lipinski definition) is 3. The fourth-order valence-electron chi connectivity index (χ4n) is 7.79. The quantitative estimate of drug-likeness (QED) is 0.0497. The molecule has 56 heavy (non-hydrogen) atoms. The third-order valence-electron chi connectivity index (χ3n) is 10.5. The zero-order valence-corrected chi connectivity index (χ0v) is 33.5. The highest BCUT2D eigenvalue weighted by atomic mass is 31.2. The van der Waals surface area contributed by atoms with Crippen molar-refractivity contribution in [1.82, 2.24) is 16.4 Å². The molecule has 0 fully saturated rings. The maximum Gasteiger partial charge on any atom is 0.524 e. The summed E-state index contributed by atoms with van der Waals surface area (Å²) in [5, 5.41) is 0. The van der Waals surface area contributed by atoms with Crippen LogP contribution >= 0.6 is 7.82 Å². The molecule has 290 valence electrons. The minimum Gasteiger partial charge on any atom is -0.223 e. The number of nitrogens with one attached hydrogen (secondary N) is 3. The van der Waals surface area contributed by atoms with Crippen molar-refractivity contribution in [3.63, 3.8) is 0 Å². The first-order valence-corrected chi connectivity index (χ1v) is 21.2. The number of phosphoric acid groups is 1. The van der Waals surface area contributed by atoms with E-state index in [0.29, 0.717) is 19.3 Å². The van der Waals surface area contributed by atoms with E-state index < -0.39 is 24.4 Å². The van der Waals surface area contributed by atoms with E-state index in [4.69, 9.17) is 13.9 Å². The molecule has 0 heterocycles. The fourth-order valence-corrected chi connectivity index (χ4v) is 8.71.